The van der Waals surface area contributed by atoms with Crippen LogP contribution in [0.25, 0.3) is 49.0 Å². The maximum absolute atomic E-state index is 10.9. The van der Waals surface area contributed by atoms with Gasteiger partial charge in [0.05, 0.1) is 59.6 Å². The first-order valence-corrected chi connectivity index (χ1v) is 29.3. The molecule has 31 nitrogen and oxygen atoms in total. The summed E-state index contributed by atoms with van der Waals surface area (Å²) in [5.74, 6) is 3.34. The van der Waals surface area contributed by atoms with Crippen LogP contribution in [-0.4, -0.2) is 126 Å². The average Bonchev–Trinajstić information content (AvgIpc) is 4.14. The summed E-state index contributed by atoms with van der Waals surface area (Å²) in [5, 5.41) is 50.7. The molecule has 0 aliphatic carbocycles. The standard InChI is InChI=1S/C8H11NO3.C7H8N4.C6H4ClN3.C6H5IN4.C6H7N5.C6H6N4.C6H5N3O.C2H6N2.Cl3OP/c1-4-11-6-7(9-3)8(10)12-5-2;1-4-6-3-8-5(2)9-7(6)11-10-4;1-4-9-3-5(2-8)6(7)10-4;2*1-3-8-2-4-5(7)10-11-6(4)9-3;1-4-5-2-7-3-8-6(5)10-9-4;1-4-8-3-5(2-7)6(10)9-4;1-2(3)4;1-5(2,3)4/h6H,4-5H2,1-2H3;3H,1-2H3,(H,8,9,10,11);3H,1H3;2H,1H3,(H,8,9,10,11);2H,1H3,(H3,7,8,9,10,11);2-3H,1H3,(H,7,8,9,10);3H,1H3,(H,8,9,10);1H3,(H3,3,4);/b7-6+;;;;;;;;. The molecule has 0 aliphatic rings. The third kappa shape index (κ3) is 26.3. The van der Waals surface area contributed by atoms with E-state index in [9.17, 15) is 14.2 Å². The molecule has 0 spiro atoms. The van der Waals surface area contributed by atoms with Crippen LogP contribution in [0.15, 0.2) is 60.3 Å². The zero-order valence-electron chi connectivity index (χ0n) is 46.1. The van der Waals surface area contributed by atoms with Gasteiger partial charge in [-0.3, -0.25) is 40.0 Å². The van der Waals surface area contributed by atoms with Crippen LogP contribution < -0.4 is 17.0 Å². The Bertz CT molecular complexity index is 3850. The summed E-state index contributed by atoms with van der Waals surface area (Å²) in [6.07, 6.45) is 12.3. The quantitative estimate of drug-likeness (QED) is 0.00941. The van der Waals surface area contributed by atoms with Crippen molar-refractivity contribution in [2.75, 3.05) is 18.9 Å². The van der Waals surface area contributed by atoms with Gasteiger partial charge in [-0.2, -0.15) is 30.9 Å². The van der Waals surface area contributed by atoms with Crippen molar-refractivity contribution in [3.05, 3.63) is 138 Å². The summed E-state index contributed by atoms with van der Waals surface area (Å²) in [5.41, 5.74) is 14.9. The highest BCUT2D eigenvalue weighted by Gasteiger charge is 2.10. The minimum atomic E-state index is -3.22. The number of aryl methyl sites for hydroxylation is 7. The number of nitriles is 2. The first kappa shape index (κ1) is 71.1. The number of esters is 1. The molecule has 37 heteroatoms. The zero-order valence-corrected chi connectivity index (χ0v) is 52.2. The van der Waals surface area contributed by atoms with Crippen molar-refractivity contribution >= 4 is 135 Å². The molecule has 0 unspecified atom stereocenters. The number of anilines is 1. The topological polar surface area (TPSA) is 470 Å². The van der Waals surface area contributed by atoms with Crippen molar-refractivity contribution in [3.8, 4) is 12.1 Å². The highest BCUT2D eigenvalue weighted by molar-refractivity contribution is 14.1. The molecule has 0 bridgehead atoms. The number of nitrogens with two attached hydrogens (primary N) is 2. The summed E-state index contributed by atoms with van der Waals surface area (Å²) in [4.78, 5) is 70.6. The molecule has 0 aliphatic heterocycles. The van der Waals surface area contributed by atoms with Crippen LogP contribution >= 0.6 is 73.1 Å². The van der Waals surface area contributed by atoms with Crippen molar-refractivity contribution in [2.45, 2.75) is 69.2 Å². The van der Waals surface area contributed by atoms with E-state index in [2.05, 4.69) is 166 Å². The molecule has 10 aromatic rings. The number of nitrogens with one attached hydrogen (secondary N) is 6. The molecule has 0 saturated carbocycles. The smallest absolute Gasteiger partial charge is 0.339 e. The van der Waals surface area contributed by atoms with Gasteiger partial charge in [-0.05, 0) is 126 Å². The molecule has 0 atom stereocenters. The van der Waals surface area contributed by atoms with Gasteiger partial charge < -0.3 is 25.9 Å². The Hall–Kier alpha value is -8.97. The van der Waals surface area contributed by atoms with Gasteiger partial charge >= 0.3 is 16.9 Å². The summed E-state index contributed by atoms with van der Waals surface area (Å²) in [7, 11) is 0. The molecule has 0 fully saturated rings. The fourth-order valence-electron chi connectivity index (χ4n) is 5.21. The Morgan fingerprint density at radius 2 is 1.18 bits per heavy atom. The number of hydrogen-bond acceptors (Lipinski definition) is 24. The lowest BCUT2D eigenvalue weighted by Crippen LogP contribution is -2.11. The Kier molecular flexibility index (Phi) is 30.9. The molecule has 10 rings (SSSR count). The second-order valence-electron chi connectivity index (χ2n) is 15.5. The number of rotatable bonds is 4. The summed E-state index contributed by atoms with van der Waals surface area (Å²) in [6.45, 7) is 25.1. The first-order valence-electron chi connectivity index (χ1n) is 23.4. The van der Waals surface area contributed by atoms with Crippen LogP contribution in [-0.2, 0) is 18.8 Å². The minimum Gasteiger partial charge on any atom is -0.512 e. The van der Waals surface area contributed by atoms with E-state index >= 15 is 0 Å². The first-order chi connectivity index (χ1) is 39.7. The minimum absolute atomic E-state index is 0.0469. The number of ether oxygens (including phenoxy) is 2. The van der Waals surface area contributed by atoms with Gasteiger partial charge in [-0.1, -0.05) is 11.6 Å². The fraction of sp³-hybridized carbons (Fsp3) is 0.255. The van der Waals surface area contributed by atoms with E-state index in [-0.39, 0.29) is 34.4 Å². The lowest BCUT2D eigenvalue weighted by molar-refractivity contribution is -0.138. The largest absolute Gasteiger partial charge is 0.512 e. The monoisotopic (exact) mass is 1360 g/mol. The van der Waals surface area contributed by atoms with Gasteiger partial charge in [0.1, 0.15) is 68.2 Å². The zero-order chi connectivity index (χ0) is 63.1. The van der Waals surface area contributed by atoms with Crippen LogP contribution in [0.1, 0.15) is 72.4 Å². The van der Waals surface area contributed by atoms with Gasteiger partial charge in [0.2, 0.25) is 0 Å². The number of aromatic amines is 5. The number of H-pyrrole nitrogens is 5. The Morgan fingerprint density at radius 1 is 0.726 bits per heavy atom. The van der Waals surface area contributed by atoms with Gasteiger partial charge in [-0.25, -0.2) is 59.7 Å². The molecule has 10 N–H and O–H groups in total. The number of carbonyl (C=O) groups is 1. The third-order valence-electron chi connectivity index (χ3n) is 8.89. The van der Waals surface area contributed by atoms with Crippen LogP contribution in [0.5, 0.6) is 0 Å². The Labute approximate surface area is 510 Å². The van der Waals surface area contributed by atoms with Crippen molar-refractivity contribution in [3.63, 3.8) is 0 Å². The van der Waals surface area contributed by atoms with E-state index in [1.807, 2.05) is 40.7 Å². The second kappa shape index (κ2) is 36.5. The van der Waals surface area contributed by atoms with Crippen LogP contribution in [0.3, 0.4) is 0 Å². The maximum Gasteiger partial charge on any atom is 0.339 e. The number of halogens is 5. The number of hydrogen-bond donors (Lipinski definition) is 8. The van der Waals surface area contributed by atoms with E-state index in [1.54, 1.807) is 58.6 Å². The maximum atomic E-state index is 10.9. The van der Waals surface area contributed by atoms with Gasteiger partial charge in [0, 0.05) is 42.4 Å². The predicted molar refractivity (Wildman–Crippen MR) is 324 cm³/mol. The fourth-order valence-corrected chi connectivity index (χ4v) is 5.93. The molecule has 0 amide bonds. The normalized spacial score (nSPS) is 10.0. The van der Waals surface area contributed by atoms with Crippen LogP contribution in [0, 0.1) is 86.8 Å². The number of aromatic nitrogens is 20. The van der Waals surface area contributed by atoms with E-state index in [4.69, 9.17) is 50.3 Å². The van der Waals surface area contributed by atoms with Crippen molar-refractivity contribution < 1.29 is 18.8 Å². The Balaban J connectivity index is 0.000000327. The number of amidine groups is 1. The summed E-state index contributed by atoms with van der Waals surface area (Å²) in [6, 6.07) is 3.58. The number of nitrogen functional groups attached to an aromatic ring is 1. The van der Waals surface area contributed by atoms with Gasteiger partial charge in [-0.15, -0.1) is 0 Å². The number of fused-ring (bicyclic) bond motifs is 4. The van der Waals surface area contributed by atoms with Crippen LogP contribution in [0.4, 0.5) is 5.82 Å². The molecule has 440 valence electrons. The SMILES string of the molecule is CC(=N)N.Cc1[nH]nc2ncncc12.Cc1ncc(C#N)c(=O)[nH]1.Cc1ncc(C#N)c(Cl)n1.Cc1ncc2c(C)[nH]nc2n1.Cc1ncc2c(I)[nH]nc2n1.Cc1ncc2c(N)[nH]nc2n1.O=P(Cl)(Cl)Cl.[C-]#[N+]/C(=C/OCC)C(=O)OCC. The summed E-state index contributed by atoms with van der Waals surface area (Å²) >= 11 is 21.6. The highest BCUT2D eigenvalue weighted by Crippen LogP contribution is 2.61. The molecule has 84 heavy (non-hydrogen) atoms. The molecule has 10 aromatic heterocycles. The van der Waals surface area contributed by atoms with Crippen molar-refractivity contribution in [1.82, 2.24) is 101 Å². The van der Waals surface area contributed by atoms with Gasteiger partial charge in [0.15, 0.2) is 27.7 Å². The van der Waals surface area contributed by atoms with E-state index in [0.29, 0.717) is 41.1 Å². The molecule has 0 saturated heterocycles. The molecule has 0 aromatic carbocycles. The van der Waals surface area contributed by atoms with Gasteiger partial charge in [0.25, 0.3) is 5.56 Å². The van der Waals surface area contributed by atoms with Crippen molar-refractivity contribution in [2.24, 2.45) is 5.73 Å². The third-order valence-corrected chi connectivity index (χ3v) is 10.0. The average molecular weight is 1360 g/mol. The van der Waals surface area contributed by atoms with Crippen LogP contribution in [0.2, 0.25) is 5.15 Å². The van der Waals surface area contributed by atoms with E-state index in [1.165, 1.54) is 25.6 Å². The highest BCUT2D eigenvalue weighted by atomic mass is 127. The predicted octanol–water partition coefficient (Wildman–Crippen LogP) is 8.50. The molecular weight excluding hydrogens is 1310 g/mol. The number of nitrogens with zero attached hydrogens (tertiary/aromatic N) is 18. The molecule has 0 radical (unpaired) electrons. The second-order valence-corrected chi connectivity index (χ2v) is 23.6. The lowest BCUT2D eigenvalue weighted by Gasteiger charge is -1.99. The van der Waals surface area contributed by atoms with Crippen molar-refractivity contribution in [1.29, 1.82) is 15.9 Å². The van der Waals surface area contributed by atoms with E-state index in [0.717, 1.165) is 71.5 Å². The van der Waals surface area contributed by atoms with E-state index < -0.39 is 11.2 Å². The molecule has 10 heterocycles. The lowest BCUT2D eigenvalue weighted by atomic mass is 10.3. The summed E-state index contributed by atoms with van der Waals surface area (Å²) < 4.78 is 19.9. The Morgan fingerprint density at radius 3 is 1.68 bits per heavy atom. The molecular formula is C47H52Cl4IN26O5P. The number of carbonyl (C=O) groups excluding carboxylic acids is 1.